The van der Waals surface area contributed by atoms with Gasteiger partial charge in [0.1, 0.15) is 5.69 Å². The number of nitrogens with zero attached hydrogens (tertiary/aromatic N) is 1. The molecule has 0 aliphatic rings. The van der Waals surface area contributed by atoms with Crippen molar-refractivity contribution < 1.29 is 4.79 Å². The molecule has 1 heterocycles. The van der Waals surface area contributed by atoms with Crippen molar-refractivity contribution in [3.8, 4) is 0 Å². The lowest BCUT2D eigenvalue weighted by atomic mass is 10.2. The summed E-state index contributed by atoms with van der Waals surface area (Å²) in [6.45, 7) is 3.56. The van der Waals surface area contributed by atoms with Crippen LogP contribution in [0.15, 0.2) is 23.3 Å². The summed E-state index contributed by atoms with van der Waals surface area (Å²) in [5, 5.41) is 2.58. The van der Waals surface area contributed by atoms with Gasteiger partial charge in [0.15, 0.2) is 0 Å². The van der Waals surface area contributed by atoms with Gasteiger partial charge in [-0.1, -0.05) is 13.8 Å². The Morgan fingerprint density at radius 3 is 2.71 bits per heavy atom. The zero-order valence-electron chi connectivity index (χ0n) is 8.57. The van der Waals surface area contributed by atoms with E-state index in [1.165, 1.54) is 6.07 Å². The number of pyridine rings is 1. The summed E-state index contributed by atoms with van der Waals surface area (Å²) >= 11 is 0. The number of hydrogen-bond acceptors (Lipinski definition) is 2. The van der Waals surface area contributed by atoms with Crippen LogP contribution in [0.25, 0.3) is 0 Å². The number of nitrogens with one attached hydrogen (secondary N) is 1. The second-order valence-electron chi connectivity index (χ2n) is 3.53. The van der Waals surface area contributed by atoms with E-state index in [1.54, 1.807) is 37.9 Å². The Morgan fingerprint density at radius 1 is 1.50 bits per heavy atom. The van der Waals surface area contributed by atoms with E-state index in [9.17, 15) is 9.59 Å². The minimum absolute atomic E-state index is 0.125. The highest BCUT2D eigenvalue weighted by Crippen LogP contribution is 2.01. The SMILES string of the molecule is CC(C)C(=O)Nc1cn(C)ccc1=O. The van der Waals surface area contributed by atoms with Gasteiger partial charge in [-0.15, -0.1) is 0 Å². The van der Waals surface area contributed by atoms with E-state index >= 15 is 0 Å². The van der Waals surface area contributed by atoms with Crippen LogP contribution in [0, 0.1) is 5.92 Å². The van der Waals surface area contributed by atoms with Gasteiger partial charge in [0.2, 0.25) is 11.3 Å². The highest BCUT2D eigenvalue weighted by atomic mass is 16.2. The number of anilines is 1. The van der Waals surface area contributed by atoms with Crippen molar-refractivity contribution in [3.05, 3.63) is 28.7 Å². The van der Waals surface area contributed by atoms with Crippen molar-refractivity contribution >= 4 is 11.6 Å². The van der Waals surface area contributed by atoms with Gasteiger partial charge < -0.3 is 9.88 Å². The third kappa shape index (κ3) is 2.45. The fourth-order valence-electron chi connectivity index (χ4n) is 0.956. The molecule has 0 bridgehead atoms. The molecule has 0 saturated carbocycles. The zero-order valence-corrected chi connectivity index (χ0v) is 8.57. The van der Waals surface area contributed by atoms with Gasteiger partial charge in [-0.25, -0.2) is 0 Å². The lowest BCUT2D eigenvalue weighted by molar-refractivity contribution is -0.118. The largest absolute Gasteiger partial charge is 0.355 e. The monoisotopic (exact) mass is 194 g/mol. The number of amides is 1. The highest BCUT2D eigenvalue weighted by Gasteiger charge is 2.08. The molecule has 14 heavy (non-hydrogen) atoms. The molecule has 4 nitrogen and oxygen atoms in total. The van der Waals surface area contributed by atoms with Crippen molar-refractivity contribution in [1.29, 1.82) is 0 Å². The van der Waals surface area contributed by atoms with Crippen LogP contribution in [0.1, 0.15) is 13.8 Å². The lowest BCUT2D eigenvalue weighted by Crippen LogP contribution is -2.22. The summed E-state index contributed by atoms with van der Waals surface area (Å²) < 4.78 is 1.72. The first-order chi connectivity index (χ1) is 6.50. The average molecular weight is 194 g/mol. The van der Waals surface area contributed by atoms with Gasteiger partial charge in [-0.05, 0) is 0 Å². The predicted molar refractivity (Wildman–Crippen MR) is 55.2 cm³/mol. The molecular weight excluding hydrogens is 180 g/mol. The van der Waals surface area contributed by atoms with Crippen LogP contribution in [0.3, 0.4) is 0 Å². The van der Waals surface area contributed by atoms with Gasteiger partial charge in [0.25, 0.3) is 0 Å². The molecule has 0 aliphatic carbocycles. The number of aryl methyl sites for hydroxylation is 1. The molecule has 0 atom stereocenters. The Hall–Kier alpha value is -1.58. The van der Waals surface area contributed by atoms with Gasteiger partial charge in [0.05, 0.1) is 0 Å². The summed E-state index contributed by atoms with van der Waals surface area (Å²) in [5.41, 5.74) is 0.158. The predicted octanol–water partition coefficient (Wildman–Crippen LogP) is 0.980. The van der Waals surface area contributed by atoms with Crippen LogP contribution in [0.5, 0.6) is 0 Å². The average Bonchev–Trinajstić information content (AvgIpc) is 2.11. The first-order valence-corrected chi connectivity index (χ1v) is 4.48. The number of aromatic nitrogens is 1. The maximum absolute atomic E-state index is 11.3. The standard InChI is InChI=1S/C10H14N2O2/c1-7(2)10(14)11-8-6-12(3)5-4-9(8)13/h4-7H,1-3H3,(H,11,14). The number of rotatable bonds is 2. The smallest absolute Gasteiger partial charge is 0.227 e. The Kier molecular flexibility index (Phi) is 3.06. The van der Waals surface area contributed by atoms with E-state index in [4.69, 9.17) is 0 Å². The Morgan fingerprint density at radius 2 is 2.14 bits per heavy atom. The van der Waals surface area contributed by atoms with E-state index in [1.807, 2.05) is 0 Å². The van der Waals surface area contributed by atoms with E-state index in [2.05, 4.69) is 5.32 Å². The van der Waals surface area contributed by atoms with Crippen molar-refractivity contribution in [2.45, 2.75) is 13.8 Å². The molecule has 0 saturated heterocycles. The van der Waals surface area contributed by atoms with Crippen molar-refractivity contribution in [3.63, 3.8) is 0 Å². The lowest BCUT2D eigenvalue weighted by Gasteiger charge is -2.07. The molecule has 1 amide bonds. The number of carbonyl (C=O) groups excluding carboxylic acids is 1. The van der Waals surface area contributed by atoms with Crippen LogP contribution < -0.4 is 10.7 Å². The molecule has 0 spiro atoms. The molecular formula is C10H14N2O2. The molecule has 0 aromatic carbocycles. The maximum Gasteiger partial charge on any atom is 0.227 e. The topological polar surface area (TPSA) is 51.1 Å². The first-order valence-electron chi connectivity index (χ1n) is 4.48. The van der Waals surface area contributed by atoms with Crippen LogP contribution in [0.2, 0.25) is 0 Å². The highest BCUT2D eigenvalue weighted by molar-refractivity contribution is 5.91. The molecule has 1 aromatic rings. The van der Waals surface area contributed by atoms with Crippen LogP contribution >= 0.6 is 0 Å². The minimum Gasteiger partial charge on any atom is -0.355 e. The van der Waals surface area contributed by atoms with Gasteiger partial charge >= 0.3 is 0 Å². The Bertz CT molecular complexity index is 393. The van der Waals surface area contributed by atoms with E-state index in [-0.39, 0.29) is 17.3 Å². The van der Waals surface area contributed by atoms with E-state index in [0.717, 1.165) is 0 Å². The van der Waals surface area contributed by atoms with Crippen LogP contribution in [-0.2, 0) is 11.8 Å². The molecule has 0 fully saturated rings. The summed E-state index contributed by atoms with van der Waals surface area (Å²) in [7, 11) is 1.80. The number of hydrogen-bond donors (Lipinski definition) is 1. The summed E-state index contributed by atoms with van der Waals surface area (Å²) in [4.78, 5) is 22.6. The molecule has 1 aromatic heterocycles. The van der Waals surface area contributed by atoms with Crippen molar-refractivity contribution in [1.82, 2.24) is 4.57 Å². The van der Waals surface area contributed by atoms with Gasteiger partial charge in [0, 0.05) is 31.4 Å². The Labute approximate surface area is 82.6 Å². The normalized spacial score (nSPS) is 10.3. The van der Waals surface area contributed by atoms with E-state index < -0.39 is 0 Å². The van der Waals surface area contributed by atoms with Crippen molar-refractivity contribution in [2.24, 2.45) is 13.0 Å². The molecule has 0 radical (unpaired) electrons. The van der Waals surface area contributed by atoms with Gasteiger partial charge in [-0.2, -0.15) is 0 Å². The third-order valence-corrected chi connectivity index (χ3v) is 1.84. The quantitative estimate of drug-likeness (QED) is 0.763. The summed E-state index contributed by atoms with van der Waals surface area (Å²) in [5.74, 6) is -0.270. The van der Waals surface area contributed by atoms with Crippen LogP contribution in [-0.4, -0.2) is 10.5 Å². The molecule has 1 N–H and O–H groups in total. The third-order valence-electron chi connectivity index (χ3n) is 1.84. The van der Waals surface area contributed by atoms with Gasteiger partial charge in [-0.3, -0.25) is 9.59 Å². The molecule has 0 unspecified atom stereocenters. The maximum atomic E-state index is 11.3. The van der Waals surface area contributed by atoms with E-state index in [0.29, 0.717) is 5.69 Å². The summed E-state index contributed by atoms with van der Waals surface area (Å²) in [6, 6.07) is 1.43. The summed E-state index contributed by atoms with van der Waals surface area (Å²) in [6.07, 6.45) is 3.25. The zero-order chi connectivity index (χ0) is 10.7. The second-order valence-corrected chi connectivity index (χ2v) is 3.53. The first kappa shape index (κ1) is 10.5. The fraction of sp³-hybridized carbons (Fsp3) is 0.400. The van der Waals surface area contributed by atoms with Crippen LogP contribution in [0.4, 0.5) is 5.69 Å². The minimum atomic E-state index is -0.169. The molecule has 4 heteroatoms. The fourth-order valence-corrected chi connectivity index (χ4v) is 0.956. The molecule has 0 aliphatic heterocycles. The van der Waals surface area contributed by atoms with Crippen molar-refractivity contribution in [2.75, 3.05) is 5.32 Å². The molecule has 1 rings (SSSR count). The molecule has 76 valence electrons. The Balaban J connectivity index is 2.92. The number of carbonyl (C=O) groups is 1. The second kappa shape index (κ2) is 4.09.